The number of rotatable bonds is 6. The summed E-state index contributed by atoms with van der Waals surface area (Å²) in [7, 11) is 0. The molecule has 2 atom stereocenters. The quantitative estimate of drug-likeness (QED) is 0.829. The van der Waals surface area contributed by atoms with Crippen molar-refractivity contribution in [2.24, 2.45) is 5.92 Å². The van der Waals surface area contributed by atoms with Gasteiger partial charge >= 0.3 is 5.97 Å². The Morgan fingerprint density at radius 2 is 2.00 bits per heavy atom. The first-order valence-electron chi connectivity index (χ1n) is 6.92. The van der Waals surface area contributed by atoms with Crippen molar-refractivity contribution in [1.29, 1.82) is 0 Å². The highest BCUT2D eigenvalue weighted by atomic mass is 16.6. The van der Waals surface area contributed by atoms with Gasteiger partial charge in [0.1, 0.15) is 13.2 Å². The number of carbonyl (C=O) groups is 1. The maximum atomic E-state index is 10.9. The number of ether oxygens (including phenoxy) is 2. The molecule has 2 N–H and O–H groups in total. The first-order valence-corrected chi connectivity index (χ1v) is 6.92. The number of carboxylic acid groups (broad SMARTS) is 1. The van der Waals surface area contributed by atoms with E-state index in [1.807, 2.05) is 25.1 Å². The lowest BCUT2D eigenvalue weighted by molar-refractivity contribution is -0.141. The summed E-state index contributed by atoms with van der Waals surface area (Å²) < 4.78 is 11.0. The Kier molecular flexibility index (Phi) is 4.84. The van der Waals surface area contributed by atoms with Gasteiger partial charge in [0, 0.05) is 6.04 Å². The predicted octanol–water partition coefficient (Wildman–Crippen LogP) is 1.70. The third-order valence-corrected chi connectivity index (χ3v) is 3.63. The summed E-state index contributed by atoms with van der Waals surface area (Å²) in [4.78, 5) is 10.9. The van der Waals surface area contributed by atoms with Gasteiger partial charge in [-0.2, -0.15) is 0 Å². The smallest absolute Gasteiger partial charge is 0.307 e. The van der Waals surface area contributed by atoms with E-state index in [0.717, 1.165) is 30.0 Å². The molecule has 20 heavy (non-hydrogen) atoms. The van der Waals surface area contributed by atoms with E-state index in [1.165, 1.54) is 0 Å². The van der Waals surface area contributed by atoms with Crippen LogP contribution in [0.2, 0.25) is 0 Å². The number of fused-ring (bicyclic) bond motifs is 1. The van der Waals surface area contributed by atoms with Crippen LogP contribution in [0.25, 0.3) is 0 Å². The van der Waals surface area contributed by atoms with Gasteiger partial charge < -0.3 is 19.9 Å². The van der Waals surface area contributed by atoms with Crippen molar-refractivity contribution < 1.29 is 19.4 Å². The Balaban J connectivity index is 1.84. The normalized spacial score (nSPS) is 16.5. The second-order valence-electron chi connectivity index (χ2n) is 5.10. The molecule has 0 fully saturated rings. The van der Waals surface area contributed by atoms with Gasteiger partial charge in [0.25, 0.3) is 0 Å². The minimum atomic E-state index is -0.774. The van der Waals surface area contributed by atoms with Crippen LogP contribution in [0.15, 0.2) is 18.2 Å². The first-order chi connectivity index (χ1) is 9.58. The highest BCUT2D eigenvalue weighted by molar-refractivity contribution is 5.70. The van der Waals surface area contributed by atoms with E-state index in [4.69, 9.17) is 14.6 Å². The van der Waals surface area contributed by atoms with Crippen molar-refractivity contribution in [3.8, 4) is 11.5 Å². The van der Waals surface area contributed by atoms with Crippen LogP contribution >= 0.6 is 0 Å². The average molecular weight is 279 g/mol. The van der Waals surface area contributed by atoms with Crippen molar-refractivity contribution in [3.63, 3.8) is 0 Å². The van der Waals surface area contributed by atoms with Gasteiger partial charge in [-0.15, -0.1) is 0 Å². The van der Waals surface area contributed by atoms with E-state index in [1.54, 1.807) is 6.92 Å². The Morgan fingerprint density at radius 3 is 2.70 bits per heavy atom. The Labute approximate surface area is 118 Å². The van der Waals surface area contributed by atoms with E-state index >= 15 is 0 Å². The Hall–Kier alpha value is -1.75. The van der Waals surface area contributed by atoms with Gasteiger partial charge in [-0.05, 0) is 37.6 Å². The van der Waals surface area contributed by atoms with Gasteiger partial charge in [-0.3, -0.25) is 4.79 Å². The molecular weight excluding hydrogens is 258 g/mol. The molecule has 1 aromatic carbocycles. The van der Waals surface area contributed by atoms with Gasteiger partial charge in [0.2, 0.25) is 0 Å². The van der Waals surface area contributed by atoms with E-state index in [-0.39, 0.29) is 6.04 Å². The van der Waals surface area contributed by atoms with Gasteiger partial charge in [-0.1, -0.05) is 13.0 Å². The molecule has 0 radical (unpaired) electrons. The minimum Gasteiger partial charge on any atom is -0.486 e. The zero-order valence-electron chi connectivity index (χ0n) is 11.9. The molecule has 110 valence electrons. The predicted molar refractivity (Wildman–Crippen MR) is 75.4 cm³/mol. The Morgan fingerprint density at radius 1 is 1.30 bits per heavy atom. The molecule has 1 aromatic rings. The largest absolute Gasteiger partial charge is 0.486 e. The SMILES string of the molecule is CC(NCCc1ccc2c(c1)OCCO2)C(C)C(=O)O. The monoisotopic (exact) mass is 279 g/mol. The molecule has 0 saturated heterocycles. The molecule has 5 nitrogen and oxygen atoms in total. The Bertz CT molecular complexity index is 475. The second kappa shape index (κ2) is 6.61. The van der Waals surface area contributed by atoms with Crippen molar-refractivity contribution in [1.82, 2.24) is 5.32 Å². The fraction of sp³-hybridized carbons (Fsp3) is 0.533. The molecule has 0 amide bonds. The minimum absolute atomic E-state index is 0.0512. The topological polar surface area (TPSA) is 67.8 Å². The van der Waals surface area contributed by atoms with E-state index in [9.17, 15) is 4.79 Å². The van der Waals surface area contributed by atoms with E-state index < -0.39 is 11.9 Å². The highest BCUT2D eigenvalue weighted by Gasteiger charge is 2.18. The van der Waals surface area contributed by atoms with E-state index in [0.29, 0.717) is 13.2 Å². The number of hydrogen-bond donors (Lipinski definition) is 2. The lowest BCUT2D eigenvalue weighted by Crippen LogP contribution is -2.37. The van der Waals surface area contributed by atoms with Gasteiger partial charge in [-0.25, -0.2) is 0 Å². The number of nitrogens with one attached hydrogen (secondary N) is 1. The summed E-state index contributed by atoms with van der Waals surface area (Å²) in [5.74, 6) is 0.418. The van der Waals surface area contributed by atoms with Crippen molar-refractivity contribution in [3.05, 3.63) is 23.8 Å². The summed E-state index contributed by atoms with van der Waals surface area (Å²) in [5, 5.41) is 12.2. The maximum absolute atomic E-state index is 10.9. The number of hydrogen-bond acceptors (Lipinski definition) is 4. The van der Waals surface area contributed by atoms with Gasteiger partial charge in [0.15, 0.2) is 11.5 Å². The third-order valence-electron chi connectivity index (χ3n) is 3.63. The van der Waals surface area contributed by atoms with Crippen LogP contribution < -0.4 is 14.8 Å². The molecule has 0 bridgehead atoms. The lowest BCUT2D eigenvalue weighted by Gasteiger charge is -2.20. The lowest BCUT2D eigenvalue weighted by atomic mass is 10.0. The molecular formula is C15H21NO4. The summed E-state index contributed by atoms with van der Waals surface area (Å²) in [6.07, 6.45) is 0.827. The summed E-state index contributed by atoms with van der Waals surface area (Å²) in [6.45, 7) is 5.52. The van der Waals surface area contributed by atoms with Crippen LogP contribution in [0.4, 0.5) is 0 Å². The molecule has 1 aliphatic heterocycles. The molecule has 1 heterocycles. The first kappa shape index (κ1) is 14.7. The number of benzene rings is 1. The van der Waals surface area contributed by atoms with Crippen LogP contribution in [-0.2, 0) is 11.2 Å². The third kappa shape index (κ3) is 3.63. The number of carboxylic acids is 1. The fourth-order valence-corrected chi connectivity index (χ4v) is 2.08. The highest BCUT2D eigenvalue weighted by Crippen LogP contribution is 2.30. The van der Waals surface area contributed by atoms with Crippen LogP contribution in [0.5, 0.6) is 11.5 Å². The second-order valence-corrected chi connectivity index (χ2v) is 5.10. The zero-order valence-corrected chi connectivity index (χ0v) is 11.9. The van der Waals surface area contributed by atoms with Crippen molar-refractivity contribution in [2.45, 2.75) is 26.3 Å². The molecule has 2 unspecified atom stereocenters. The number of aliphatic carboxylic acids is 1. The average Bonchev–Trinajstić information content (AvgIpc) is 2.46. The van der Waals surface area contributed by atoms with E-state index in [2.05, 4.69) is 5.32 Å². The standard InChI is InChI=1S/C15H21NO4/c1-10(15(17)18)11(2)16-6-5-12-3-4-13-14(9-12)20-8-7-19-13/h3-4,9-11,16H,5-8H2,1-2H3,(H,17,18). The molecule has 0 aromatic heterocycles. The summed E-state index contributed by atoms with van der Waals surface area (Å²) in [5.41, 5.74) is 1.15. The molecule has 0 spiro atoms. The zero-order chi connectivity index (χ0) is 14.5. The van der Waals surface area contributed by atoms with Crippen LogP contribution in [0, 0.1) is 5.92 Å². The summed E-state index contributed by atoms with van der Waals surface area (Å²) >= 11 is 0. The molecule has 0 saturated carbocycles. The molecule has 0 aliphatic carbocycles. The fourth-order valence-electron chi connectivity index (χ4n) is 2.08. The van der Waals surface area contributed by atoms with Crippen LogP contribution in [0.3, 0.4) is 0 Å². The van der Waals surface area contributed by atoms with Crippen LogP contribution in [0.1, 0.15) is 19.4 Å². The summed E-state index contributed by atoms with van der Waals surface area (Å²) in [6, 6.07) is 5.87. The van der Waals surface area contributed by atoms with Gasteiger partial charge in [0.05, 0.1) is 5.92 Å². The maximum Gasteiger partial charge on any atom is 0.307 e. The van der Waals surface area contributed by atoms with Crippen LogP contribution in [-0.4, -0.2) is 36.9 Å². The van der Waals surface area contributed by atoms with Crippen molar-refractivity contribution >= 4 is 5.97 Å². The molecule has 5 heteroatoms. The molecule has 1 aliphatic rings. The molecule has 2 rings (SSSR count). The van der Waals surface area contributed by atoms with Crippen molar-refractivity contribution in [2.75, 3.05) is 19.8 Å².